The van der Waals surface area contributed by atoms with Crippen molar-refractivity contribution in [1.82, 2.24) is 15.2 Å². The third kappa shape index (κ3) is 4.77. The van der Waals surface area contributed by atoms with E-state index in [1.165, 1.54) is 6.20 Å². The van der Waals surface area contributed by atoms with Gasteiger partial charge in [0.1, 0.15) is 11.5 Å². The number of aromatic nitrogens is 3. The first-order chi connectivity index (χ1) is 13.1. The van der Waals surface area contributed by atoms with E-state index >= 15 is 0 Å². The molecule has 0 atom stereocenters. The van der Waals surface area contributed by atoms with Crippen molar-refractivity contribution in [1.29, 1.82) is 0 Å². The minimum atomic E-state index is 0.369. The summed E-state index contributed by atoms with van der Waals surface area (Å²) in [6.07, 6.45) is 1.53. The summed E-state index contributed by atoms with van der Waals surface area (Å²) in [5, 5.41) is 14.9. The molecule has 27 heavy (non-hydrogen) atoms. The quantitative estimate of drug-likeness (QED) is 0.608. The van der Waals surface area contributed by atoms with Gasteiger partial charge >= 0.3 is 0 Å². The molecule has 2 aromatic carbocycles. The highest BCUT2D eigenvalue weighted by molar-refractivity contribution is 6.31. The van der Waals surface area contributed by atoms with Crippen LogP contribution in [0.2, 0.25) is 5.02 Å². The molecule has 1 heterocycles. The van der Waals surface area contributed by atoms with E-state index in [0.717, 1.165) is 22.7 Å². The van der Waals surface area contributed by atoms with Crippen molar-refractivity contribution in [3.63, 3.8) is 0 Å². The Bertz CT molecular complexity index is 918. The normalized spacial score (nSPS) is 10.4. The zero-order chi connectivity index (χ0) is 19.2. The SMILES string of the molecule is CCOc1ccc(Nc2nncc(Nc3cc(C)c(Cl)cc3OC)n2)cc1. The molecule has 0 aliphatic rings. The standard InChI is InChI=1S/C19H20ClN5O2/c1-4-27-14-7-5-13(6-8-14)22-19-24-18(11-21-25-19)23-16-9-12(2)15(20)10-17(16)26-3/h5-11H,4H2,1-3H3,(H2,22,23,24,25). The van der Waals surface area contributed by atoms with E-state index in [4.69, 9.17) is 21.1 Å². The van der Waals surface area contributed by atoms with Crippen molar-refractivity contribution in [3.05, 3.63) is 53.2 Å². The fourth-order valence-electron chi connectivity index (χ4n) is 2.41. The molecule has 3 aromatic rings. The van der Waals surface area contributed by atoms with Crippen molar-refractivity contribution in [3.8, 4) is 11.5 Å². The molecular formula is C19H20ClN5O2. The van der Waals surface area contributed by atoms with Gasteiger partial charge in [-0.1, -0.05) is 11.6 Å². The smallest absolute Gasteiger partial charge is 0.249 e. The molecule has 0 amide bonds. The van der Waals surface area contributed by atoms with Gasteiger partial charge in [0, 0.05) is 16.8 Å². The lowest BCUT2D eigenvalue weighted by Crippen LogP contribution is -2.03. The van der Waals surface area contributed by atoms with Crippen LogP contribution in [0.4, 0.5) is 23.1 Å². The average Bonchev–Trinajstić information content (AvgIpc) is 2.67. The fourth-order valence-corrected chi connectivity index (χ4v) is 2.57. The second kappa shape index (κ2) is 8.55. The molecule has 0 radical (unpaired) electrons. The average molecular weight is 386 g/mol. The van der Waals surface area contributed by atoms with Crippen LogP contribution in [0.1, 0.15) is 12.5 Å². The summed E-state index contributed by atoms with van der Waals surface area (Å²) < 4.78 is 10.8. The second-order valence-electron chi connectivity index (χ2n) is 5.67. The Morgan fingerprint density at radius 3 is 2.59 bits per heavy atom. The lowest BCUT2D eigenvalue weighted by Gasteiger charge is -2.13. The molecule has 0 saturated carbocycles. The summed E-state index contributed by atoms with van der Waals surface area (Å²) >= 11 is 6.15. The molecule has 140 valence electrons. The molecule has 0 unspecified atom stereocenters. The summed E-state index contributed by atoms with van der Waals surface area (Å²) in [5.41, 5.74) is 2.50. The largest absolute Gasteiger partial charge is 0.495 e. The summed E-state index contributed by atoms with van der Waals surface area (Å²) in [7, 11) is 1.59. The number of halogens is 1. The summed E-state index contributed by atoms with van der Waals surface area (Å²) in [6, 6.07) is 11.2. The van der Waals surface area contributed by atoms with Gasteiger partial charge in [0.2, 0.25) is 5.95 Å². The van der Waals surface area contributed by atoms with Gasteiger partial charge < -0.3 is 20.1 Å². The van der Waals surface area contributed by atoms with Gasteiger partial charge in [-0.3, -0.25) is 0 Å². The van der Waals surface area contributed by atoms with E-state index in [9.17, 15) is 0 Å². The number of rotatable bonds is 7. The van der Waals surface area contributed by atoms with E-state index in [-0.39, 0.29) is 0 Å². The number of hydrogen-bond donors (Lipinski definition) is 2. The molecule has 1 aromatic heterocycles. The first-order valence-electron chi connectivity index (χ1n) is 8.40. The van der Waals surface area contributed by atoms with Gasteiger partial charge in [0.05, 0.1) is 25.6 Å². The van der Waals surface area contributed by atoms with E-state index in [1.807, 2.05) is 44.2 Å². The van der Waals surface area contributed by atoms with Crippen LogP contribution in [0.3, 0.4) is 0 Å². The molecule has 0 saturated heterocycles. The maximum absolute atomic E-state index is 6.15. The van der Waals surface area contributed by atoms with Crippen LogP contribution < -0.4 is 20.1 Å². The van der Waals surface area contributed by atoms with Gasteiger partial charge in [-0.05, 0) is 49.7 Å². The monoisotopic (exact) mass is 385 g/mol. The number of ether oxygens (including phenoxy) is 2. The Hall–Kier alpha value is -3.06. The Balaban J connectivity index is 1.77. The number of nitrogens with one attached hydrogen (secondary N) is 2. The Morgan fingerprint density at radius 2 is 1.89 bits per heavy atom. The van der Waals surface area contributed by atoms with Gasteiger partial charge in [0.25, 0.3) is 0 Å². The minimum Gasteiger partial charge on any atom is -0.495 e. The first-order valence-corrected chi connectivity index (χ1v) is 8.77. The summed E-state index contributed by atoms with van der Waals surface area (Å²) in [6.45, 7) is 4.49. The van der Waals surface area contributed by atoms with Gasteiger partial charge in [0.15, 0.2) is 5.82 Å². The number of methoxy groups -OCH3 is 1. The first kappa shape index (κ1) is 18.7. The molecule has 3 rings (SSSR count). The minimum absolute atomic E-state index is 0.369. The number of hydrogen-bond acceptors (Lipinski definition) is 7. The van der Waals surface area contributed by atoms with Crippen LogP contribution in [0.5, 0.6) is 11.5 Å². The second-order valence-corrected chi connectivity index (χ2v) is 6.08. The van der Waals surface area contributed by atoms with Crippen LogP contribution in [0.25, 0.3) is 0 Å². The predicted octanol–water partition coefficient (Wildman–Crippen LogP) is 4.73. The van der Waals surface area contributed by atoms with Crippen molar-refractivity contribution < 1.29 is 9.47 Å². The molecule has 7 nitrogen and oxygen atoms in total. The molecular weight excluding hydrogens is 366 g/mol. The van der Waals surface area contributed by atoms with Crippen LogP contribution in [-0.2, 0) is 0 Å². The van der Waals surface area contributed by atoms with Crippen LogP contribution in [-0.4, -0.2) is 28.9 Å². The fraction of sp³-hybridized carbons (Fsp3) is 0.211. The van der Waals surface area contributed by atoms with E-state index in [2.05, 4.69) is 25.8 Å². The summed E-state index contributed by atoms with van der Waals surface area (Å²) in [4.78, 5) is 4.43. The van der Waals surface area contributed by atoms with E-state index in [1.54, 1.807) is 13.2 Å². The highest BCUT2D eigenvalue weighted by atomic mass is 35.5. The summed E-state index contributed by atoms with van der Waals surface area (Å²) in [5.74, 6) is 2.32. The molecule has 0 bridgehead atoms. The molecule has 2 N–H and O–H groups in total. The zero-order valence-electron chi connectivity index (χ0n) is 15.3. The van der Waals surface area contributed by atoms with Crippen molar-refractivity contribution >= 4 is 34.7 Å². The number of anilines is 4. The van der Waals surface area contributed by atoms with E-state index < -0.39 is 0 Å². The third-order valence-electron chi connectivity index (χ3n) is 3.72. The highest BCUT2D eigenvalue weighted by Crippen LogP contribution is 2.32. The molecule has 0 spiro atoms. The van der Waals surface area contributed by atoms with Gasteiger partial charge in [-0.25, -0.2) is 0 Å². The van der Waals surface area contributed by atoms with Crippen LogP contribution in [0.15, 0.2) is 42.6 Å². The predicted molar refractivity (Wildman–Crippen MR) is 107 cm³/mol. The number of aryl methyl sites for hydroxylation is 1. The number of benzene rings is 2. The Kier molecular flexibility index (Phi) is 5.93. The molecule has 0 fully saturated rings. The maximum atomic E-state index is 6.15. The third-order valence-corrected chi connectivity index (χ3v) is 4.13. The van der Waals surface area contributed by atoms with Crippen molar-refractivity contribution in [2.75, 3.05) is 24.4 Å². The zero-order valence-corrected chi connectivity index (χ0v) is 16.0. The van der Waals surface area contributed by atoms with Gasteiger partial charge in [-0.2, -0.15) is 10.1 Å². The number of nitrogens with zero attached hydrogens (tertiary/aromatic N) is 3. The van der Waals surface area contributed by atoms with Crippen LogP contribution in [0, 0.1) is 6.92 Å². The maximum Gasteiger partial charge on any atom is 0.249 e. The van der Waals surface area contributed by atoms with Crippen LogP contribution >= 0.6 is 11.6 Å². The van der Waals surface area contributed by atoms with E-state index in [0.29, 0.717) is 29.1 Å². The topological polar surface area (TPSA) is 81.2 Å². The highest BCUT2D eigenvalue weighted by Gasteiger charge is 2.09. The lowest BCUT2D eigenvalue weighted by molar-refractivity contribution is 0.340. The van der Waals surface area contributed by atoms with Crippen molar-refractivity contribution in [2.24, 2.45) is 0 Å². The molecule has 0 aliphatic heterocycles. The Morgan fingerprint density at radius 1 is 1.11 bits per heavy atom. The lowest BCUT2D eigenvalue weighted by atomic mass is 10.2. The molecule has 8 heteroatoms. The Labute approximate surface area is 162 Å². The molecule has 0 aliphatic carbocycles. The van der Waals surface area contributed by atoms with Gasteiger partial charge in [-0.15, -0.1) is 5.10 Å². The van der Waals surface area contributed by atoms with Crippen molar-refractivity contribution in [2.45, 2.75) is 13.8 Å².